The van der Waals surface area contributed by atoms with Gasteiger partial charge in [-0.05, 0) is 54.8 Å². The van der Waals surface area contributed by atoms with Crippen LogP contribution in [0.4, 0.5) is 17.1 Å². The Kier molecular flexibility index (Phi) is 6.46. The molecule has 20 heavy (non-hydrogen) atoms. The number of nitrogens with one attached hydrogen (secondary N) is 1. The fourth-order valence-electron chi connectivity index (χ4n) is 1.37. The van der Waals surface area contributed by atoms with Gasteiger partial charge >= 0.3 is 0 Å². The van der Waals surface area contributed by atoms with Crippen molar-refractivity contribution < 1.29 is 4.79 Å². The van der Waals surface area contributed by atoms with Crippen molar-refractivity contribution in [2.45, 2.75) is 11.8 Å². The van der Waals surface area contributed by atoms with Crippen LogP contribution in [-0.4, -0.2) is 12.2 Å². The lowest BCUT2D eigenvalue weighted by Gasteiger charge is -2.00. The third-order valence-corrected chi connectivity index (χ3v) is 3.09. The summed E-state index contributed by atoms with van der Waals surface area (Å²) in [6.07, 6.45) is 2.05. The molecule has 106 valence electrons. The highest BCUT2D eigenvalue weighted by Crippen LogP contribution is 2.15. The summed E-state index contributed by atoms with van der Waals surface area (Å²) in [5.41, 5.74) is 13.2. The van der Waals surface area contributed by atoms with Crippen LogP contribution in [0.1, 0.15) is 6.92 Å². The van der Waals surface area contributed by atoms with Gasteiger partial charge in [0.15, 0.2) is 0 Å². The second kappa shape index (κ2) is 8.12. The number of carbonyl (C=O) groups is 1. The van der Waals surface area contributed by atoms with Gasteiger partial charge in [0.2, 0.25) is 5.91 Å². The maximum absolute atomic E-state index is 10.6. The van der Waals surface area contributed by atoms with Crippen molar-refractivity contribution in [3.63, 3.8) is 0 Å². The Bertz CT molecular complexity index is 538. The molecule has 5 heteroatoms. The van der Waals surface area contributed by atoms with E-state index < -0.39 is 0 Å². The van der Waals surface area contributed by atoms with Gasteiger partial charge in [-0.2, -0.15) is 0 Å². The average Bonchev–Trinajstić information content (AvgIpc) is 2.43. The lowest BCUT2D eigenvalue weighted by molar-refractivity contribution is -0.114. The molecule has 5 N–H and O–H groups in total. The molecule has 0 heterocycles. The lowest BCUT2D eigenvalue weighted by Crippen LogP contribution is -2.05. The first-order valence-corrected chi connectivity index (χ1v) is 7.26. The van der Waals surface area contributed by atoms with Gasteiger partial charge in [0, 0.05) is 28.9 Å². The van der Waals surface area contributed by atoms with Crippen LogP contribution in [0.2, 0.25) is 0 Å². The zero-order chi connectivity index (χ0) is 15.0. The molecular formula is C15H19N3OS. The molecule has 0 spiro atoms. The highest BCUT2D eigenvalue weighted by Gasteiger charge is 1.92. The maximum Gasteiger partial charge on any atom is 0.221 e. The molecule has 0 fully saturated rings. The fourth-order valence-corrected chi connectivity index (χ4v) is 1.78. The fraction of sp³-hybridized carbons (Fsp3) is 0.133. The molecule has 0 radical (unpaired) electrons. The second-order valence-corrected chi connectivity index (χ2v) is 4.96. The normalized spacial score (nSPS) is 9.30. The van der Waals surface area contributed by atoms with Crippen LogP contribution < -0.4 is 16.8 Å². The van der Waals surface area contributed by atoms with Gasteiger partial charge < -0.3 is 16.8 Å². The predicted octanol–water partition coefficient (Wildman–Crippen LogP) is 3.22. The van der Waals surface area contributed by atoms with Crippen LogP contribution in [0.5, 0.6) is 0 Å². The van der Waals surface area contributed by atoms with Gasteiger partial charge in [-0.25, -0.2) is 0 Å². The minimum Gasteiger partial charge on any atom is -0.399 e. The SMILES string of the molecule is CC(=O)Nc1ccc(N)cc1.CSc1ccc(N)cc1. The summed E-state index contributed by atoms with van der Waals surface area (Å²) in [6.45, 7) is 1.47. The van der Waals surface area contributed by atoms with E-state index in [1.165, 1.54) is 11.8 Å². The summed E-state index contributed by atoms with van der Waals surface area (Å²) >= 11 is 1.72. The average molecular weight is 289 g/mol. The number of hydrogen-bond acceptors (Lipinski definition) is 4. The quantitative estimate of drug-likeness (QED) is 0.585. The van der Waals surface area contributed by atoms with E-state index in [1.54, 1.807) is 36.0 Å². The standard InChI is InChI=1S/C8H10N2O.C7H9NS/c1-6(11)10-8-4-2-7(9)3-5-8;1-9-7-4-2-6(8)3-5-7/h2-5H,9H2,1H3,(H,10,11);2-5H,8H2,1H3. The molecule has 0 bridgehead atoms. The number of rotatable bonds is 2. The van der Waals surface area contributed by atoms with Crippen molar-refractivity contribution in [1.29, 1.82) is 0 Å². The molecule has 0 aliphatic carbocycles. The Labute approximate surface area is 123 Å². The minimum absolute atomic E-state index is 0.0743. The number of thioether (sulfide) groups is 1. The van der Waals surface area contributed by atoms with Crippen molar-refractivity contribution in [3.05, 3.63) is 48.5 Å². The Morgan fingerprint density at radius 1 is 0.950 bits per heavy atom. The van der Waals surface area contributed by atoms with E-state index in [-0.39, 0.29) is 5.91 Å². The van der Waals surface area contributed by atoms with Crippen LogP contribution in [0.15, 0.2) is 53.4 Å². The zero-order valence-electron chi connectivity index (χ0n) is 11.6. The predicted molar refractivity (Wildman–Crippen MR) is 87.8 cm³/mol. The smallest absolute Gasteiger partial charge is 0.221 e. The molecule has 0 unspecified atom stereocenters. The van der Waals surface area contributed by atoms with Crippen molar-refractivity contribution in [1.82, 2.24) is 0 Å². The van der Waals surface area contributed by atoms with Gasteiger partial charge in [0.05, 0.1) is 0 Å². The van der Waals surface area contributed by atoms with Gasteiger partial charge in [-0.3, -0.25) is 4.79 Å². The van der Waals surface area contributed by atoms with Crippen molar-refractivity contribution in [2.75, 3.05) is 23.0 Å². The van der Waals surface area contributed by atoms with Crippen LogP contribution in [0, 0.1) is 0 Å². The number of nitrogen functional groups attached to an aromatic ring is 2. The molecular weight excluding hydrogens is 270 g/mol. The van der Waals surface area contributed by atoms with E-state index in [0.29, 0.717) is 5.69 Å². The number of anilines is 3. The van der Waals surface area contributed by atoms with Crippen molar-refractivity contribution in [3.8, 4) is 0 Å². The van der Waals surface area contributed by atoms with Crippen molar-refractivity contribution in [2.24, 2.45) is 0 Å². The molecule has 4 nitrogen and oxygen atoms in total. The summed E-state index contributed by atoms with van der Waals surface area (Å²) in [7, 11) is 0. The van der Waals surface area contributed by atoms with Crippen LogP contribution in [0.25, 0.3) is 0 Å². The largest absolute Gasteiger partial charge is 0.399 e. The third kappa shape index (κ3) is 6.15. The van der Waals surface area contributed by atoms with E-state index in [9.17, 15) is 4.79 Å². The van der Waals surface area contributed by atoms with Gasteiger partial charge in [0.25, 0.3) is 0 Å². The number of hydrogen-bond donors (Lipinski definition) is 3. The number of carbonyl (C=O) groups excluding carboxylic acids is 1. The van der Waals surface area contributed by atoms with Gasteiger partial charge in [-0.15, -0.1) is 11.8 Å². The minimum atomic E-state index is -0.0743. The Morgan fingerprint density at radius 2 is 1.40 bits per heavy atom. The highest BCUT2D eigenvalue weighted by molar-refractivity contribution is 7.98. The van der Waals surface area contributed by atoms with E-state index in [1.807, 2.05) is 30.5 Å². The second-order valence-electron chi connectivity index (χ2n) is 4.08. The molecule has 1 amide bonds. The van der Waals surface area contributed by atoms with Crippen LogP contribution >= 0.6 is 11.8 Å². The zero-order valence-corrected chi connectivity index (χ0v) is 12.4. The molecule has 0 saturated carbocycles. The van der Waals surface area contributed by atoms with E-state index in [2.05, 4.69) is 5.32 Å². The number of amides is 1. The van der Waals surface area contributed by atoms with Crippen LogP contribution in [0.3, 0.4) is 0 Å². The summed E-state index contributed by atoms with van der Waals surface area (Å²) in [4.78, 5) is 11.8. The van der Waals surface area contributed by atoms with E-state index in [0.717, 1.165) is 11.4 Å². The first kappa shape index (κ1) is 15.9. The molecule has 2 aromatic carbocycles. The first-order valence-electron chi connectivity index (χ1n) is 6.04. The summed E-state index contributed by atoms with van der Waals surface area (Å²) in [5, 5.41) is 2.64. The topological polar surface area (TPSA) is 81.1 Å². The molecule has 0 aliphatic heterocycles. The first-order chi connectivity index (χ1) is 9.51. The highest BCUT2D eigenvalue weighted by atomic mass is 32.2. The van der Waals surface area contributed by atoms with Crippen molar-refractivity contribution >= 4 is 34.7 Å². The Hall–Kier alpha value is -2.14. The summed E-state index contributed by atoms with van der Waals surface area (Å²) in [6, 6.07) is 14.8. The molecule has 0 aliphatic rings. The van der Waals surface area contributed by atoms with E-state index in [4.69, 9.17) is 11.5 Å². The Balaban J connectivity index is 0.000000204. The third-order valence-electron chi connectivity index (χ3n) is 2.35. The molecule has 2 aromatic rings. The molecule has 0 atom stereocenters. The van der Waals surface area contributed by atoms with Crippen LogP contribution in [-0.2, 0) is 4.79 Å². The maximum atomic E-state index is 10.6. The summed E-state index contributed by atoms with van der Waals surface area (Å²) in [5.74, 6) is -0.0743. The van der Waals surface area contributed by atoms with Gasteiger partial charge in [0.1, 0.15) is 0 Å². The molecule has 0 aromatic heterocycles. The summed E-state index contributed by atoms with van der Waals surface area (Å²) < 4.78 is 0. The lowest BCUT2D eigenvalue weighted by atomic mass is 10.3. The number of benzene rings is 2. The van der Waals surface area contributed by atoms with E-state index >= 15 is 0 Å². The Morgan fingerprint density at radius 3 is 1.80 bits per heavy atom. The molecule has 0 saturated heterocycles. The number of nitrogens with two attached hydrogens (primary N) is 2. The van der Waals surface area contributed by atoms with Gasteiger partial charge in [-0.1, -0.05) is 0 Å². The monoisotopic (exact) mass is 289 g/mol. The molecule has 2 rings (SSSR count).